The second-order valence-corrected chi connectivity index (χ2v) is 5.41. The molecule has 3 heteroatoms. The number of carbonyl (C=O) groups excluding carboxylic acids is 1. The first-order valence-corrected chi connectivity index (χ1v) is 5.81. The lowest BCUT2D eigenvalue weighted by atomic mass is 9.88. The van der Waals surface area contributed by atoms with Crippen LogP contribution in [-0.4, -0.2) is 18.1 Å². The van der Waals surface area contributed by atoms with E-state index in [0.29, 0.717) is 12.5 Å². The summed E-state index contributed by atoms with van der Waals surface area (Å²) < 4.78 is 5.44. The second-order valence-electron chi connectivity index (χ2n) is 5.41. The summed E-state index contributed by atoms with van der Waals surface area (Å²) in [5.74, 6) is 0.180. The van der Waals surface area contributed by atoms with Crippen molar-refractivity contribution in [3.63, 3.8) is 0 Å². The lowest BCUT2D eigenvalue weighted by molar-refractivity contribution is -0.160. The zero-order valence-corrected chi connectivity index (χ0v) is 10.1. The molecule has 0 aromatic heterocycles. The Bertz CT molecular complexity index is 349. The third kappa shape index (κ3) is 2.29. The van der Waals surface area contributed by atoms with Crippen LogP contribution in [0.25, 0.3) is 0 Å². The molecule has 1 aliphatic heterocycles. The summed E-state index contributed by atoms with van der Waals surface area (Å²) in [7, 11) is 0. The number of fused-ring (bicyclic) bond motifs is 1. The van der Waals surface area contributed by atoms with Crippen molar-refractivity contribution in [3.05, 3.63) is 23.9 Å². The maximum absolute atomic E-state index is 12.0. The number of allylic oxidation sites excluding steroid dienone is 4. The molecule has 2 aliphatic rings. The predicted octanol–water partition coefficient (Wildman–Crippen LogP) is 2.01. The molecule has 1 N–H and O–H groups in total. The minimum absolute atomic E-state index is 0.0320. The molecule has 0 radical (unpaired) electrons. The number of hydrogen-bond acceptors (Lipinski definition) is 3. The molecule has 16 heavy (non-hydrogen) atoms. The van der Waals surface area contributed by atoms with Crippen LogP contribution in [-0.2, 0) is 9.53 Å². The Hall–Kier alpha value is -1.25. The van der Waals surface area contributed by atoms with Gasteiger partial charge in [-0.15, -0.1) is 0 Å². The fourth-order valence-electron chi connectivity index (χ4n) is 2.21. The van der Waals surface area contributed by atoms with Crippen LogP contribution >= 0.6 is 0 Å². The zero-order valence-electron chi connectivity index (χ0n) is 10.1. The first kappa shape index (κ1) is 11.2. The smallest absolute Gasteiger partial charge is 0.311 e. The van der Waals surface area contributed by atoms with Gasteiger partial charge in [0, 0.05) is 18.2 Å². The Morgan fingerprint density at radius 1 is 1.50 bits per heavy atom. The quantitative estimate of drug-likeness (QED) is 0.688. The van der Waals surface area contributed by atoms with Gasteiger partial charge in [0.05, 0.1) is 5.92 Å². The Kier molecular flexibility index (Phi) is 2.78. The molecule has 0 saturated carbocycles. The van der Waals surface area contributed by atoms with Crippen LogP contribution in [0.3, 0.4) is 0 Å². The van der Waals surface area contributed by atoms with Crippen molar-refractivity contribution in [2.24, 2.45) is 11.8 Å². The number of carbonyl (C=O) groups is 1. The number of hydrogen-bond donors (Lipinski definition) is 1. The molecule has 0 bridgehead atoms. The molecule has 0 aromatic rings. The van der Waals surface area contributed by atoms with Crippen LogP contribution in [0, 0.1) is 11.8 Å². The molecular formula is C13H19NO2. The van der Waals surface area contributed by atoms with Crippen molar-refractivity contribution in [1.82, 2.24) is 5.32 Å². The van der Waals surface area contributed by atoms with E-state index in [2.05, 4.69) is 17.5 Å². The van der Waals surface area contributed by atoms with Gasteiger partial charge in [0.15, 0.2) is 0 Å². The molecule has 1 saturated heterocycles. The van der Waals surface area contributed by atoms with Crippen molar-refractivity contribution in [1.29, 1.82) is 0 Å². The normalized spacial score (nSPS) is 28.1. The molecule has 1 heterocycles. The Balaban J connectivity index is 2.04. The summed E-state index contributed by atoms with van der Waals surface area (Å²) in [4.78, 5) is 12.0. The Morgan fingerprint density at radius 2 is 2.25 bits per heavy atom. The fourth-order valence-corrected chi connectivity index (χ4v) is 2.21. The van der Waals surface area contributed by atoms with E-state index in [9.17, 15) is 4.79 Å². The van der Waals surface area contributed by atoms with E-state index in [0.717, 1.165) is 6.42 Å². The fraction of sp³-hybridized carbons (Fsp3) is 0.615. The van der Waals surface area contributed by atoms with Gasteiger partial charge in [-0.2, -0.15) is 0 Å². The molecule has 2 atom stereocenters. The van der Waals surface area contributed by atoms with Crippen molar-refractivity contribution in [2.75, 3.05) is 6.54 Å². The molecule has 2 rings (SSSR count). The van der Waals surface area contributed by atoms with Gasteiger partial charge in [-0.1, -0.05) is 12.2 Å². The SMILES string of the molecule is CC(C)(C)OC(=O)C1CNC2=CC=CCC21. The molecule has 1 aliphatic carbocycles. The highest BCUT2D eigenvalue weighted by Crippen LogP contribution is 2.33. The third-order valence-electron chi connectivity index (χ3n) is 2.92. The van der Waals surface area contributed by atoms with Gasteiger partial charge in [0.2, 0.25) is 0 Å². The Morgan fingerprint density at radius 3 is 2.94 bits per heavy atom. The third-order valence-corrected chi connectivity index (χ3v) is 2.92. The average Bonchev–Trinajstić information content (AvgIpc) is 2.58. The minimum Gasteiger partial charge on any atom is -0.460 e. The van der Waals surface area contributed by atoms with Crippen LogP contribution in [0.2, 0.25) is 0 Å². The number of ether oxygens (including phenoxy) is 1. The van der Waals surface area contributed by atoms with Gasteiger partial charge in [-0.25, -0.2) is 0 Å². The van der Waals surface area contributed by atoms with Crippen molar-refractivity contribution in [2.45, 2.75) is 32.8 Å². The van der Waals surface area contributed by atoms with E-state index >= 15 is 0 Å². The first-order valence-electron chi connectivity index (χ1n) is 5.81. The molecular weight excluding hydrogens is 202 g/mol. The van der Waals surface area contributed by atoms with Crippen molar-refractivity contribution >= 4 is 5.97 Å². The van der Waals surface area contributed by atoms with Gasteiger partial charge in [-0.3, -0.25) is 4.79 Å². The maximum Gasteiger partial charge on any atom is 0.311 e. The molecule has 88 valence electrons. The van der Waals surface area contributed by atoms with Gasteiger partial charge in [0.1, 0.15) is 5.60 Å². The average molecular weight is 221 g/mol. The maximum atomic E-state index is 12.0. The van der Waals surface area contributed by atoms with Crippen LogP contribution in [0.1, 0.15) is 27.2 Å². The highest BCUT2D eigenvalue weighted by molar-refractivity contribution is 5.75. The van der Waals surface area contributed by atoms with Gasteiger partial charge >= 0.3 is 5.97 Å². The second kappa shape index (κ2) is 3.96. The lowest BCUT2D eigenvalue weighted by Crippen LogP contribution is -2.32. The number of nitrogens with one attached hydrogen (secondary N) is 1. The van der Waals surface area contributed by atoms with Crippen molar-refractivity contribution in [3.8, 4) is 0 Å². The number of esters is 1. The minimum atomic E-state index is -0.395. The first-order chi connectivity index (χ1) is 7.47. The van der Waals surface area contributed by atoms with Crippen LogP contribution in [0.5, 0.6) is 0 Å². The summed E-state index contributed by atoms with van der Waals surface area (Å²) in [6, 6.07) is 0. The molecule has 0 amide bonds. The van der Waals surface area contributed by atoms with E-state index in [1.807, 2.05) is 26.8 Å². The zero-order chi connectivity index (χ0) is 11.8. The predicted molar refractivity (Wildman–Crippen MR) is 62.7 cm³/mol. The highest BCUT2D eigenvalue weighted by atomic mass is 16.6. The summed E-state index contributed by atoms with van der Waals surface area (Å²) in [5, 5.41) is 3.28. The molecule has 3 nitrogen and oxygen atoms in total. The molecule has 0 spiro atoms. The summed E-state index contributed by atoms with van der Waals surface area (Å²) in [6.45, 7) is 6.42. The Labute approximate surface area is 96.6 Å². The van der Waals surface area contributed by atoms with Crippen molar-refractivity contribution < 1.29 is 9.53 Å². The van der Waals surface area contributed by atoms with E-state index in [1.165, 1.54) is 5.70 Å². The van der Waals surface area contributed by atoms with Gasteiger partial charge in [-0.05, 0) is 33.3 Å². The van der Waals surface area contributed by atoms with Gasteiger partial charge < -0.3 is 10.1 Å². The van der Waals surface area contributed by atoms with E-state index < -0.39 is 5.60 Å². The van der Waals surface area contributed by atoms with Crippen LogP contribution in [0.15, 0.2) is 23.9 Å². The number of rotatable bonds is 1. The van der Waals surface area contributed by atoms with Gasteiger partial charge in [0.25, 0.3) is 0 Å². The highest BCUT2D eigenvalue weighted by Gasteiger charge is 2.38. The summed E-state index contributed by atoms with van der Waals surface area (Å²) in [6.07, 6.45) is 7.14. The summed E-state index contributed by atoms with van der Waals surface area (Å²) >= 11 is 0. The molecule has 1 fully saturated rings. The molecule has 2 unspecified atom stereocenters. The van der Waals surface area contributed by atoms with Crippen LogP contribution < -0.4 is 5.32 Å². The standard InChI is InChI=1S/C13H19NO2/c1-13(2,3)16-12(15)10-8-14-11-7-5-4-6-9(10)11/h4-5,7,9-10,14H,6,8H2,1-3H3. The lowest BCUT2D eigenvalue weighted by Gasteiger charge is -2.24. The summed E-state index contributed by atoms with van der Waals surface area (Å²) in [5.41, 5.74) is 0.784. The van der Waals surface area contributed by atoms with Crippen LogP contribution in [0.4, 0.5) is 0 Å². The monoisotopic (exact) mass is 221 g/mol. The largest absolute Gasteiger partial charge is 0.460 e. The van der Waals surface area contributed by atoms with E-state index in [1.54, 1.807) is 0 Å². The topological polar surface area (TPSA) is 38.3 Å². The molecule has 0 aromatic carbocycles. The van der Waals surface area contributed by atoms with E-state index in [4.69, 9.17) is 4.74 Å². The van der Waals surface area contributed by atoms with E-state index in [-0.39, 0.29) is 11.9 Å².